The molecule has 2 N–H and O–H groups in total. The smallest absolute Gasteiger partial charge is 0.229 e. The van der Waals surface area contributed by atoms with Crippen LogP contribution in [0.3, 0.4) is 0 Å². The van der Waals surface area contributed by atoms with E-state index in [1.807, 2.05) is 12.1 Å². The van der Waals surface area contributed by atoms with Gasteiger partial charge in [0.25, 0.3) is 0 Å². The predicted molar refractivity (Wildman–Crippen MR) is 71.6 cm³/mol. The topological polar surface area (TPSA) is 58.2 Å². The first-order valence-corrected chi connectivity index (χ1v) is 7.62. The Morgan fingerprint density at radius 3 is 2.29 bits per heavy atom. The third kappa shape index (κ3) is 5.19. The summed E-state index contributed by atoms with van der Waals surface area (Å²) in [4.78, 5) is 0. The fourth-order valence-corrected chi connectivity index (χ4v) is 2.10. The van der Waals surface area contributed by atoms with Crippen molar-refractivity contribution in [3.8, 4) is 0 Å². The molecule has 0 spiro atoms. The van der Waals surface area contributed by atoms with Gasteiger partial charge in [-0.3, -0.25) is 4.72 Å². The zero-order valence-electron chi connectivity index (χ0n) is 10.5. The lowest BCUT2D eigenvalue weighted by Gasteiger charge is -2.14. The molecule has 1 aromatic rings. The fourth-order valence-electron chi connectivity index (χ4n) is 1.53. The first-order chi connectivity index (χ1) is 7.92. The van der Waals surface area contributed by atoms with Crippen LogP contribution in [0.1, 0.15) is 31.9 Å². The lowest BCUT2D eigenvalue weighted by Crippen LogP contribution is -2.19. The van der Waals surface area contributed by atoms with Crippen LogP contribution < -0.4 is 10.0 Å². The molecule has 0 aliphatic carbocycles. The number of sulfonamides is 1. The second-order valence-corrected chi connectivity index (χ2v) is 5.92. The summed E-state index contributed by atoms with van der Waals surface area (Å²) >= 11 is 0. The summed E-state index contributed by atoms with van der Waals surface area (Å²) in [7, 11) is -3.19. The molecule has 1 atom stereocenters. The standard InChI is InChI=1S/C12H20N2O2S/c1-4-9-13-10(2)11-5-7-12(8-6-11)14-17(3,15)16/h5-8,10,13-14H,4,9H2,1-3H3. The molecular formula is C12H20N2O2S. The van der Waals surface area contributed by atoms with Crippen molar-refractivity contribution in [2.24, 2.45) is 0 Å². The maximum absolute atomic E-state index is 11.0. The van der Waals surface area contributed by atoms with Gasteiger partial charge in [-0.15, -0.1) is 0 Å². The SMILES string of the molecule is CCCNC(C)c1ccc(NS(C)(=O)=O)cc1. The van der Waals surface area contributed by atoms with Gasteiger partial charge in [-0.2, -0.15) is 0 Å². The van der Waals surface area contributed by atoms with Crippen molar-refractivity contribution in [1.82, 2.24) is 5.32 Å². The highest BCUT2D eigenvalue weighted by atomic mass is 32.2. The third-order valence-corrected chi connectivity index (χ3v) is 3.02. The van der Waals surface area contributed by atoms with Crippen LogP contribution in [0, 0.1) is 0 Å². The van der Waals surface area contributed by atoms with Crippen molar-refractivity contribution >= 4 is 15.7 Å². The second-order valence-electron chi connectivity index (χ2n) is 4.17. The summed E-state index contributed by atoms with van der Waals surface area (Å²) in [6.45, 7) is 5.19. The minimum absolute atomic E-state index is 0.280. The first-order valence-electron chi connectivity index (χ1n) is 5.73. The van der Waals surface area contributed by atoms with Crippen LogP contribution in [-0.4, -0.2) is 21.2 Å². The lowest BCUT2D eigenvalue weighted by atomic mass is 10.1. The van der Waals surface area contributed by atoms with Crippen LogP contribution in [-0.2, 0) is 10.0 Å². The van der Waals surface area contributed by atoms with Crippen LogP contribution in [0.2, 0.25) is 0 Å². The highest BCUT2D eigenvalue weighted by Crippen LogP contribution is 2.16. The Morgan fingerprint density at radius 1 is 1.24 bits per heavy atom. The monoisotopic (exact) mass is 256 g/mol. The summed E-state index contributed by atoms with van der Waals surface area (Å²) in [5.74, 6) is 0. The van der Waals surface area contributed by atoms with Crippen LogP contribution >= 0.6 is 0 Å². The maximum atomic E-state index is 11.0. The second kappa shape index (κ2) is 6.02. The van der Waals surface area contributed by atoms with Gasteiger partial charge in [0.05, 0.1) is 6.26 Å². The van der Waals surface area contributed by atoms with E-state index in [0.717, 1.165) is 24.8 Å². The van der Waals surface area contributed by atoms with Gasteiger partial charge in [-0.25, -0.2) is 8.42 Å². The average molecular weight is 256 g/mol. The Hall–Kier alpha value is -1.07. The molecule has 0 aliphatic rings. The number of hydrogen-bond donors (Lipinski definition) is 2. The van der Waals surface area contributed by atoms with Gasteiger partial charge in [0.15, 0.2) is 0 Å². The van der Waals surface area contributed by atoms with Crippen molar-refractivity contribution in [2.45, 2.75) is 26.3 Å². The van der Waals surface area contributed by atoms with E-state index in [9.17, 15) is 8.42 Å². The molecule has 1 rings (SSSR count). The van der Waals surface area contributed by atoms with Gasteiger partial charge in [0.2, 0.25) is 10.0 Å². The Kier molecular flexibility index (Phi) is 4.96. The van der Waals surface area contributed by atoms with Crippen molar-refractivity contribution < 1.29 is 8.42 Å². The molecule has 1 unspecified atom stereocenters. The molecule has 5 heteroatoms. The summed E-state index contributed by atoms with van der Waals surface area (Å²) in [6, 6.07) is 7.70. The first kappa shape index (κ1) is 14.0. The summed E-state index contributed by atoms with van der Waals surface area (Å²) in [5.41, 5.74) is 1.75. The molecule has 96 valence electrons. The average Bonchev–Trinajstić information content (AvgIpc) is 2.24. The van der Waals surface area contributed by atoms with E-state index in [1.165, 1.54) is 0 Å². The highest BCUT2D eigenvalue weighted by molar-refractivity contribution is 7.92. The molecule has 0 aromatic heterocycles. The van der Waals surface area contributed by atoms with E-state index in [1.54, 1.807) is 12.1 Å². The predicted octanol–water partition coefficient (Wildman–Crippen LogP) is 2.12. The Bertz CT molecular complexity index is 440. The molecule has 0 aliphatic heterocycles. The molecule has 17 heavy (non-hydrogen) atoms. The summed E-state index contributed by atoms with van der Waals surface area (Å²) in [5, 5.41) is 3.38. The number of nitrogens with one attached hydrogen (secondary N) is 2. The Balaban J connectivity index is 2.67. The van der Waals surface area contributed by atoms with Crippen molar-refractivity contribution in [3.05, 3.63) is 29.8 Å². The van der Waals surface area contributed by atoms with Crippen molar-refractivity contribution in [2.75, 3.05) is 17.5 Å². The highest BCUT2D eigenvalue weighted by Gasteiger charge is 2.05. The van der Waals surface area contributed by atoms with Gasteiger partial charge < -0.3 is 5.32 Å². The molecule has 0 saturated carbocycles. The fraction of sp³-hybridized carbons (Fsp3) is 0.500. The molecular weight excluding hydrogens is 236 g/mol. The van der Waals surface area contributed by atoms with E-state index >= 15 is 0 Å². The number of benzene rings is 1. The zero-order chi connectivity index (χ0) is 12.9. The van der Waals surface area contributed by atoms with Crippen LogP contribution in [0.5, 0.6) is 0 Å². The molecule has 0 bridgehead atoms. The number of anilines is 1. The maximum Gasteiger partial charge on any atom is 0.229 e. The van der Waals surface area contributed by atoms with Gasteiger partial charge >= 0.3 is 0 Å². The van der Waals surface area contributed by atoms with E-state index in [0.29, 0.717) is 5.69 Å². The molecule has 0 heterocycles. The van der Waals surface area contributed by atoms with Crippen molar-refractivity contribution in [1.29, 1.82) is 0 Å². The van der Waals surface area contributed by atoms with Gasteiger partial charge in [-0.05, 0) is 37.6 Å². The molecule has 0 fully saturated rings. The summed E-state index contributed by atoms with van der Waals surface area (Å²) < 4.78 is 24.5. The zero-order valence-corrected chi connectivity index (χ0v) is 11.3. The van der Waals surface area contributed by atoms with Crippen molar-refractivity contribution in [3.63, 3.8) is 0 Å². The van der Waals surface area contributed by atoms with Crippen LogP contribution in [0.4, 0.5) is 5.69 Å². The van der Waals surface area contributed by atoms with Gasteiger partial charge in [0, 0.05) is 11.7 Å². The van der Waals surface area contributed by atoms with E-state index < -0.39 is 10.0 Å². The number of hydrogen-bond acceptors (Lipinski definition) is 3. The third-order valence-electron chi connectivity index (χ3n) is 2.41. The van der Waals surface area contributed by atoms with E-state index in [-0.39, 0.29) is 6.04 Å². The van der Waals surface area contributed by atoms with Crippen LogP contribution in [0.25, 0.3) is 0 Å². The molecule has 1 aromatic carbocycles. The minimum Gasteiger partial charge on any atom is -0.310 e. The van der Waals surface area contributed by atoms with Gasteiger partial charge in [0.1, 0.15) is 0 Å². The quantitative estimate of drug-likeness (QED) is 0.819. The normalized spacial score (nSPS) is 13.4. The lowest BCUT2D eigenvalue weighted by molar-refractivity contribution is 0.571. The minimum atomic E-state index is -3.19. The molecule has 0 saturated heterocycles. The Labute approximate surface area is 103 Å². The van der Waals surface area contributed by atoms with E-state index in [2.05, 4.69) is 23.9 Å². The molecule has 4 nitrogen and oxygen atoms in total. The van der Waals surface area contributed by atoms with E-state index in [4.69, 9.17) is 0 Å². The molecule has 0 amide bonds. The van der Waals surface area contributed by atoms with Crippen LogP contribution in [0.15, 0.2) is 24.3 Å². The molecule has 0 radical (unpaired) electrons. The Morgan fingerprint density at radius 2 is 1.82 bits per heavy atom. The summed E-state index contributed by atoms with van der Waals surface area (Å²) in [6.07, 6.45) is 2.24. The largest absolute Gasteiger partial charge is 0.310 e. The number of rotatable bonds is 6. The van der Waals surface area contributed by atoms with Gasteiger partial charge in [-0.1, -0.05) is 19.1 Å².